The number of aliphatic hydroxyl groups is 1. The summed E-state index contributed by atoms with van der Waals surface area (Å²) >= 11 is 5.98. The molecule has 22 heavy (non-hydrogen) atoms. The predicted octanol–water partition coefficient (Wildman–Crippen LogP) is 2.62. The van der Waals surface area contributed by atoms with Gasteiger partial charge in [0.2, 0.25) is 10.0 Å². The molecule has 116 valence electrons. The van der Waals surface area contributed by atoms with Gasteiger partial charge >= 0.3 is 0 Å². The summed E-state index contributed by atoms with van der Waals surface area (Å²) in [6.07, 6.45) is -0.477. The Morgan fingerprint density at radius 3 is 2.64 bits per heavy atom. The average Bonchev–Trinajstić information content (AvgIpc) is 2.50. The van der Waals surface area contributed by atoms with Gasteiger partial charge in [-0.1, -0.05) is 41.9 Å². The van der Waals surface area contributed by atoms with E-state index in [-0.39, 0.29) is 4.90 Å². The summed E-state index contributed by atoms with van der Waals surface area (Å²) in [5.41, 5.74) is 1.34. The van der Waals surface area contributed by atoms with E-state index >= 15 is 0 Å². The minimum atomic E-state index is -3.59. The number of likely N-dealkylation sites (N-methyl/N-ethyl adjacent to an activating group) is 1. The summed E-state index contributed by atoms with van der Waals surface area (Å²) in [4.78, 5) is 0.173. The fraction of sp³-hybridized carbons (Fsp3) is 0.250. The van der Waals surface area contributed by atoms with E-state index in [2.05, 4.69) is 0 Å². The highest BCUT2D eigenvalue weighted by Crippen LogP contribution is 2.37. The summed E-state index contributed by atoms with van der Waals surface area (Å²) in [7, 11) is -2.09. The van der Waals surface area contributed by atoms with Gasteiger partial charge in [-0.05, 0) is 30.2 Å². The molecule has 2 aromatic carbocycles. The minimum absolute atomic E-state index is 0.173. The highest BCUT2D eigenvalue weighted by molar-refractivity contribution is 7.89. The molecule has 0 amide bonds. The maximum Gasteiger partial charge on any atom is 0.243 e. The molecule has 2 aromatic rings. The number of rotatable bonds is 2. The van der Waals surface area contributed by atoms with Crippen LogP contribution in [0.25, 0.3) is 0 Å². The molecule has 6 heteroatoms. The van der Waals surface area contributed by atoms with Gasteiger partial charge in [-0.15, -0.1) is 0 Å². The zero-order valence-electron chi connectivity index (χ0n) is 12.0. The number of hydrogen-bond donors (Lipinski definition) is 1. The molecule has 4 nitrogen and oxygen atoms in total. The van der Waals surface area contributed by atoms with Gasteiger partial charge < -0.3 is 5.11 Å². The monoisotopic (exact) mass is 337 g/mol. The predicted molar refractivity (Wildman–Crippen MR) is 85.3 cm³/mol. The van der Waals surface area contributed by atoms with Crippen molar-refractivity contribution in [3.05, 3.63) is 64.7 Å². The first-order valence-corrected chi connectivity index (χ1v) is 8.72. The second-order valence-electron chi connectivity index (χ2n) is 5.41. The van der Waals surface area contributed by atoms with Crippen LogP contribution in [0.15, 0.2) is 53.4 Å². The number of benzene rings is 2. The van der Waals surface area contributed by atoms with Crippen LogP contribution in [-0.4, -0.2) is 30.9 Å². The second kappa shape index (κ2) is 5.66. The van der Waals surface area contributed by atoms with Crippen LogP contribution in [-0.2, 0) is 16.4 Å². The van der Waals surface area contributed by atoms with E-state index in [9.17, 15) is 13.5 Å². The Labute approximate surface area is 135 Å². The van der Waals surface area contributed by atoms with E-state index < -0.39 is 22.2 Å². The molecular weight excluding hydrogens is 322 g/mol. The minimum Gasteiger partial charge on any atom is -0.387 e. The highest BCUT2D eigenvalue weighted by Gasteiger charge is 2.41. The third kappa shape index (κ3) is 2.54. The van der Waals surface area contributed by atoms with Gasteiger partial charge in [-0.3, -0.25) is 0 Å². The Balaban J connectivity index is 2.03. The average molecular weight is 338 g/mol. The molecule has 0 spiro atoms. The lowest BCUT2D eigenvalue weighted by Crippen LogP contribution is -2.46. The Kier molecular flexibility index (Phi) is 3.99. The van der Waals surface area contributed by atoms with E-state index in [0.29, 0.717) is 17.0 Å². The van der Waals surface area contributed by atoms with Gasteiger partial charge in [-0.25, -0.2) is 8.42 Å². The SMILES string of the molecule is CN1[C@@H](Cc2cccc(Cl)c2)[C@H](O)c2ccccc2S1(=O)=O. The number of aliphatic hydroxyl groups excluding tert-OH is 1. The van der Waals surface area contributed by atoms with Crippen LogP contribution in [0.3, 0.4) is 0 Å². The molecule has 1 aliphatic rings. The number of halogens is 1. The van der Waals surface area contributed by atoms with Crippen LogP contribution >= 0.6 is 11.6 Å². The first kappa shape index (κ1) is 15.5. The van der Waals surface area contributed by atoms with Crippen LogP contribution in [0.4, 0.5) is 0 Å². The van der Waals surface area contributed by atoms with Gasteiger partial charge in [-0.2, -0.15) is 4.31 Å². The lowest BCUT2D eigenvalue weighted by molar-refractivity contribution is 0.0892. The lowest BCUT2D eigenvalue weighted by Gasteiger charge is -2.37. The fourth-order valence-corrected chi connectivity index (χ4v) is 4.65. The highest BCUT2D eigenvalue weighted by atomic mass is 35.5. The molecule has 0 saturated heterocycles. The lowest BCUT2D eigenvalue weighted by atomic mass is 9.96. The van der Waals surface area contributed by atoms with Crippen LogP contribution in [0.2, 0.25) is 5.02 Å². The Bertz CT molecular complexity index is 807. The third-order valence-corrected chi connectivity index (χ3v) is 6.25. The second-order valence-corrected chi connectivity index (χ2v) is 7.81. The van der Waals surface area contributed by atoms with Crippen LogP contribution in [0.1, 0.15) is 17.2 Å². The van der Waals surface area contributed by atoms with Crippen molar-refractivity contribution in [2.45, 2.75) is 23.5 Å². The third-order valence-electron chi connectivity index (χ3n) is 4.06. The first-order valence-electron chi connectivity index (χ1n) is 6.91. The fourth-order valence-electron chi connectivity index (χ4n) is 2.84. The summed E-state index contributed by atoms with van der Waals surface area (Å²) in [5, 5.41) is 11.2. The molecule has 0 unspecified atom stereocenters. The number of nitrogens with zero attached hydrogens (tertiary/aromatic N) is 1. The normalized spacial score (nSPS) is 24.0. The van der Waals surface area contributed by atoms with Gasteiger partial charge in [0.15, 0.2) is 0 Å². The van der Waals surface area contributed by atoms with E-state index in [0.717, 1.165) is 5.56 Å². The van der Waals surface area contributed by atoms with E-state index in [4.69, 9.17) is 11.6 Å². The number of fused-ring (bicyclic) bond motifs is 1. The van der Waals surface area contributed by atoms with Crippen molar-refractivity contribution in [3.8, 4) is 0 Å². The van der Waals surface area contributed by atoms with Crippen molar-refractivity contribution in [1.29, 1.82) is 0 Å². The molecule has 2 atom stereocenters. The Morgan fingerprint density at radius 2 is 1.91 bits per heavy atom. The van der Waals surface area contributed by atoms with Crippen LogP contribution in [0.5, 0.6) is 0 Å². The standard InChI is InChI=1S/C16H16ClNO3S/c1-18-14(10-11-5-4-6-12(17)9-11)16(19)13-7-2-3-8-15(13)22(18,20)21/h2-9,14,16,19H,10H2,1H3/t14-,16+/m0/s1. The summed E-state index contributed by atoms with van der Waals surface area (Å²) in [5.74, 6) is 0. The van der Waals surface area contributed by atoms with Crippen molar-refractivity contribution < 1.29 is 13.5 Å². The quantitative estimate of drug-likeness (QED) is 0.916. The topological polar surface area (TPSA) is 57.6 Å². The van der Waals surface area contributed by atoms with E-state index in [1.54, 1.807) is 30.3 Å². The van der Waals surface area contributed by atoms with Crippen molar-refractivity contribution in [2.24, 2.45) is 0 Å². The molecule has 0 radical (unpaired) electrons. The molecule has 0 fully saturated rings. The number of sulfonamides is 1. The molecule has 0 aromatic heterocycles. The first-order chi connectivity index (χ1) is 10.4. The van der Waals surface area contributed by atoms with E-state index in [1.807, 2.05) is 12.1 Å². The van der Waals surface area contributed by atoms with Crippen molar-refractivity contribution in [2.75, 3.05) is 7.05 Å². The Hall–Kier alpha value is -1.40. The summed E-state index contributed by atoms with van der Waals surface area (Å²) in [6.45, 7) is 0. The molecule has 0 bridgehead atoms. The maximum atomic E-state index is 12.6. The van der Waals surface area contributed by atoms with Crippen molar-refractivity contribution in [3.63, 3.8) is 0 Å². The van der Waals surface area contributed by atoms with Crippen molar-refractivity contribution in [1.82, 2.24) is 4.31 Å². The smallest absolute Gasteiger partial charge is 0.243 e. The Morgan fingerprint density at radius 1 is 1.18 bits per heavy atom. The van der Waals surface area contributed by atoms with Gasteiger partial charge in [0.25, 0.3) is 0 Å². The van der Waals surface area contributed by atoms with Crippen LogP contribution in [0, 0.1) is 0 Å². The molecular formula is C16H16ClNO3S. The van der Waals surface area contributed by atoms with E-state index in [1.165, 1.54) is 17.4 Å². The molecule has 1 N–H and O–H groups in total. The van der Waals surface area contributed by atoms with Gasteiger partial charge in [0.1, 0.15) is 0 Å². The summed E-state index contributed by atoms with van der Waals surface area (Å²) < 4.78 is 26.5. The van der Waals surface area contributed by atoms with Gasteiger partial charge in [0.05, 0.1) is 17.0 Å². The number of hydrogen-bond acceptors (Lipinski definition) is 3. The summed E-state index contributed by atoms with van der Waals surface area (Å²) in [6, 6.07) is 13.3. The molecule has 0 aliphatic carbocycles. The molecule has 1 aliphatic heterocycles. The molecule has 1 heterocycles. The largest absolute Gasteiger partial charge is 0.387 e. The van der Waals surface area contributed by atoms with Crippen LogP contribution < -0.4 is 0 Å². The van der Waals surface area contributed by atoms with Gasteiger partial charge in [0, 0.05) is 17.6 Å². The maximum absolute atomic E-state index is 12.6. The molecule has 3 rings (SSSR count). The zero-order valence-corrected chi connectivity index (χ0v) is 13.6. The zero-order chi connectivity index (χ0) is 15.9. The molecule has 0 saturated carbocycles. The van der Waals surface area contributed by atoms with Crippen molar-refractivity contribution >= 4 is 21.6 Å².